The predicted octanol–water partition coefficient (Wildman–Crippen LogP) is 2.58. The summed E-state index contributed by atoms with van der Waals surface area (Å²) in [6, 6.07) is 13.5. The minimum atomic E-state index is -0.258. The summed E-state index contributed by atoms with van der Waals surface area (Å²) in [4.78, 5) is 28.3. The van der Waals surface area contributed by atoms with Gasteiger partial charge in [-0.2, -0.15) is 0 Å². The molecule has 2 amide bonds. The number of carbonyl (C=O) groups excluding carboxylic acids is 2. The Labute approximate surface area is 141 Å². The minimum absolute atomic E-state index is 0.0399. The van der Waals surface area contributed by atoms with Gasteiger partial charge in [-0.15, -0.1) is 0 Å². The molecule has 1 aromatic carbocycles. The van der Waals surface area contributed by atoms with Crippen molar-refractivity contribution in [1.82, 2.24) is 10.3 Å². The quantitative estimate of drug-likeness (QED) is 0.888. The lowest BCUT2D eigenvalue weighted by Gasteiger charge is -2.07. The summed E-state index contributed by atoms with van der Waals surface area (Å²) in [5.41, 5.74) is 1.69. The third-order valence-corrected chi connectivity index (χ3v) is 4.64. The molecule has 1 aliphatic carbocycles. The highest BCUT2D eigenvalue weighted by molar-refractivity contribution is 5.95. The smallest absolute Gasteiger partial charge is 0.243 e. The van der Waals surface area contributed by atoms with Crippen LogP contribution in [0.25, 0.3) is 0 Å². The lowest BCUT2D eigenvalue weighted by molar-refractivity contribution is -0.125. The van der Waals surface area contributed by atoms with E-state index in [9.17, 15) is 9.59 Å². The number of aromatic nitrogens is 1. The van der Waals surface area contributed by atoms with E-state index in [0.29, 0.717) is 5.69 Å². The van der Waals surface area contributed by atoms with Gasteiger partial charge in [-0.3, -0.25) is 14.6 Å². The zero-order chi connectivity index (χ0) is 17.2. The molecule has 2 aromatic rings. The molecule has 0 aliphatic heterocycles. The first-order valence-electron chi connectivity index (χ1n) is 8.02. The molecule has 2 atom stereocenters. The van der Waals surface area contributed by atoms with E-state index >= 15 is 0 Å². The van der Waals surface area contributed by atoms with Crippen molar-refractivity contribution in [3.05, 3.63) is 60.4 Å². The first-order chi connectivity index (χ1) is 11.5. The maximum atomic E-state index is 12.5. The van der Waals surface area contributed by atoms with Crippen LogP contribution in [0.2, 0.25) is 0 Å². The molecular formula is C19H21N3O2. The second-order valence-electron chi connectivity index (χ2n) is 6.70. The van der Waals surface area contributed by atoms with Gasteiger partial charge >= 0.3 is 0 Å². The van der Waals surface area contributed by atoms with Crippen LogP contribution in [0.3, 0.4) is 0 Å². The Morgan fingerprint density at radius 2 is 1.88 bits per heavy atom. The molecule has 0 saturated heterocycles. The van der Waals surface area contributed by atoms with E-state index in [0.717, 1.165) is 0 Å². The first kappa shape index (κ1) is 16.2. The van der Waals surface area contributed by atoms with Crippen LogP contribution in [0.15, 0.2) is 54.9 Å². The fourth-order valence-electron chi connectivity index (χ4n) is 3.33. The van der Waals surface area contributed by atoms with E-state index in [1.54, 1.807) is 24.5 Å². The van der Waals surface area contributed by atoms with Crippen LogP contribution in [-0.2, 0) is 9.59 Å². The predicted molar refractivity (Wildman–Crippen MR) is 92.3 cm³/mol. The highest BCUT2D eigenvalue weighted by Gasteiger charge is 2.62. The van der Waals surface area contributed by atoms with E-state index in [4.69, 9.17) is 0 Å². The second-order valence-corrected chi connectivity index (χ2v) is 6.70. The Kier molecular flexibility index (Phi) is 4.34. The minimum Gasteiger partial charge on any atom is -0.347 e. The first-order valence-corrected chi connectivity index (χ1v) is 8.02. The summed E-state index contributed by atoms with van der Waals surface area (Å²) in [6.45, 7) is 4.14. The van der Waals surface area contributed by atoms with Crippen molar-refractivity contribution in [3.63, 3.8) is 0 Å². The number of anilines is 1. The van der Waals surface area contributed by atoms with Gasteiger partial charge in [0, 0.05) is 12.1 Å². The van der Waals surface area contributed by atoms with E-state index < -0.39 is 0 Å². The van der Waals surface area contributed by atoms with Gasteiger partial charge in [0.05, 0.1) is 24.3 Å². The Morgan fingerprint density at radius 1 is 1.12 bits per heavy atom. The lowest BCUT2D eigenvalue weighted by Crippen LogP contribution is -2.34. The molecule has 2 N–H and O–H groups in total. The van der Waals surface area contributed by atoms with Gasteiger partial charge in [0.25, 0.3) is 0 Å². The van der Waals surface area contributed by atoms with Crippen molar-refractivity contribution < 1.29 is 9.59 Å². The van der Waals surface area contributed by atoms with Crippen molar-refractivity contribution in [1.29, 1.82) is 0 Å². The van der Waals surface area contributed by atoms with E-state index in [1.807, 2.05) is 18.2 Å². The topological polar surface area (TPSA) is 71.1 Å². The van der Waals surface area contributed by atoms with Crippen LogP contribution in [0, 0.1) is 11.3 Å². The van der Waals surface area contributed by atoms with Gasteiger partial charge < -0.3 is 10.6 Å². The van der Waals surface area contributed by atoms with E-state index in [2.05, 4.69) is 41.6 Å². The van der Waals surface area contributed by atoms with Gasteiger partial charge in [-0.1, -0.05) is 44.2 Å². The largest absolute Gasteiger partial charge is 0.347 e. The average Bonchev–Trinajstić information content (AvgIpc) is 3.17. The summed E-state index contributed by atoms with van der Waals surface area (Å²) in [5.74, 6) is -0.243. The molecule has 0 spiro atoms. The number of hydrogen-bond donors (Lipinski definition) is 2. The fraction of sp³-hybridized carbons (Fsp3) is 0.316. The lowest BCUT2D eigenvalue weighted by atomic mass is 10.0. The maximum absolute atomic E-state index is 12.5. The van der Waals surface area contributed by atoms with Crippen LogP contribution in [0.1, 0.15) is 25.3 Å². The molecule has 124 valence electrons. The maximum Gasteiger partial charge on any atom is 0.243 e. The Bertz CT molecular complexity index is 729. The van der Waals surface area contributed by atoms with Crippen LogP contribution in [-0.4, -0.2) is 23.3 Å². The normalized spacial score (nSPS) is 20.9. The zero-order valence-corrected chi connectivity index (χ0v) is 13.8. The van der Waals surface area contributed by atoms with Gasteiger partial charge in [0.1, 0.15) is 0 Å². The van der Waals surface area contributed by atoms with Crippen LogP contribution in [0.5, 0.6) is 0 Å². The monoisotopic (exact) mass is 323 g/mol. The number of rotatable bonds is 5. The van der Waals surface area contributed by atoms with Gasteiger partial charge in [0.2, 0.25) is 11.8 Å². The molecule has 3 rings (SSSR count). The average molecular weight is 323 g/mol. The van der Waals surface area contributed by atoms with Crippen molar-refractivity contribution in [2.45, 2.75) is 19.8 Å². The third kappa shape index (κ3) is 3.30. The molecule has 1 saturated carbocycles. The summed E-state index contributed by atoms with van der Waals surface area (Å²) >= 11 is 0. The van der Waals surface area contributed by atoms with Gasteiger partial charge in [0.15, 0.2) is 0 Å². The summed E-state index contributed by atoms with van der Waals surface area (Å²) in [6.07, 6.45) is 3.20. The molecule has 0 radical (unpaired) electrons. The SMILES string of the molecule is CC1(C)[C@H](C(=O)NCC(=O)Nc2cccnc2)[C@H]1c1ccccc1. The highest BCUT2D eigenvalue weighted by Crippen LogP contribution is 2.64. The van der Waals surface area contributed by atoms with Crippen molar-refractivity contribution in [3.8, 4) is 0 Å². The fourth-order valence-corrected chi connectivity index (χ4v) is 3.33. The van der Waals surface area contributed by atoms with E-state index in [-0.39, 0.29) is 35.6 Å². The molecule has 1 aromatic heterocycles. The number of benzene rings is 1. The summed E-state index contributed by atoms with van der Waals surface area (Å²) < 4.78 is 0. The number of amides is 2. The number of hydrogen-bond acceptors (Lipinski definition) is 3. The van der Waals surface area contributed by atoms with Crippen LogP contribution < -0.4 is 10.6 Å². The van der Waals surface area contributed by atoms with Crippen LogP contribution >= 0.6 is 0 Å². The van der Waals surface area contributed by atoms with Crippen molar-refractivity contribution >= 4 is 17.5 Å². The molecule has 1 aliphatic rings. The van der Waals surface area contributed by atoms with Crippen molar-refractivity contribution in [2.75, 3.05) is 11.9 Å². The molecule has 0 bridgehead atoms. The zero-order valence-electron chi connectivity index (χ0n) is 13.8. The van der Waals surface area contributed by atoms with Gasteiger partial charge in [-0.25, -0.2) is 0 Å². The molecule has 5 heteroatoms. The number of pyridine rings is 1. The number of nitrogens with one attached hydrogen (secondary N) is 2. The Hall–Kier alpha value is -2.69. The summed E-state index contributed by atoms with van der Waals surface area (Å²) in [5, 5.41) is 5.45. The Morgan fingerprint density at radius 3 is 2.54 bits per heavy atom. The van der Waals surface area contributed by atoms with Crippen molar-refractivity contribution in [2.24, 2.45) is 11.3 Å². The highest BCUT2D eigenvalue weighted by atomic mass is 16.2. The van der Waals surface area contributed by atoms with Gasteiger partial charge in [-0.05, 0) is 23.1 Å². The molecule has 24 heavy (non-hydrogen) atoms. The second kappa shape index (κ2) is 6.43. The molecule has 5 nitrogen and oxygen atoms in total. The standard InChI is InChI=1S/C19H21N3O2/c1-19(2)16(13-7-4-3-5-8-13)17(19)18(24)21-12-15(23)22-14-9-6-10-20-11-14/h3-11,16-17H,12H2,1-2H3,(H,21,24)(H,22,23)/t16-,17+/m1/s1. The number of nitrogens with zero attached hydrogens (tertiary/aromatic N) is 1. The Balaban J connectivity index is 1.55. The molecule has 1 fully saturated rings. The number of carbonyl (C=O) groups is 2. The third-order valence-electron chi connectivity index (χ3n) is 4.64. The molecule has 0 unspecified atom stereocenters. The molecule has 1 heterocycles. The van der Waals surface area contributed by atoms with E-state index in [1.165, 1.54) is 5.56 Å². The van der Waals surface area contributed by atoms with Crippen LogP contribution in [0.4, 0.5) is 5.69 Å². The molecular weight excluding hydrogens is 302 g/mol. The summed E-state index contributed by atoms with van der Waals surface area (Å²) in [7, 11) is 0.